The highest BCUT2D eigenvalue weighted by molar-refractivity contribution is 5.94. The Kier molecular flexibility index (Phi) is 7.44. The minimum absolute atomic E-state index is 0.0463. The van der Waals surface area contributed by atoms with Crippen LogP contribution in [0, 0.1) is 5.92 Å². The molecule has 27 heavy (non-hydrogen) atoms. The standard InChI is InChI=1S/C18H24F3N3O3/c1-2-3-8-22-16(25)14-5-4-9-24(11-14)17(26)13-6-7-15(23-10-13)27-12-18(19,20)21/h6-7,10,14H,2-5,8-9,11-12H2,1H3,(H,22,25)/t14-/m1/s1. The molecule has 0 aromatic carbocycles. The zero-order valence-electron chi connectivity index (χ0n) is 15.2. The number of carbonyl (C=O) groups excluding carboxylic acids is 2. The molecule has 1 aliphatic rings. The second kappa shape index (κ2) is 9.57. The van der Waals surface area contributed by atoms with Gasteiger partial charge in [0, 0.05) is 31.9 Å². The normalized spacial score (nSPS) is 17.5. The van der Waals surface area contributed by atoms with Crippen molar-refractivity contribution in [3.05, 3.63) is 23.9 Å². The molecule has 1 saturated heterocycles. The summed E-state index contributed by atoms with van der Waals surface area (Å²) in [7, 11) is 0. The Hall–Kier alpha value is -2.32. The molecule has 0 saturated carbocycles. The monoisotopic (exact) mass is 387 g/mol. The fourth-order valence-electron chi connectivity index (χ4n) is 2.84. The molecule has 1 aliphatic heterocycles. The minimum atomic E-state index is -4.45. The Morgan fingerprint density at radius 1 is 1.37 bits per heavy atom. The van der Waals surface area contributed by atoms with Gasteiger partial charge in [0.25, 0.3) is 5.91 Å². The highest BCUT2D eigenvalue weighted by Crippen LogP contribution is 2.20. The minimum Gasteiger partial charge on any atom is -0.468 e. The third kappa shape index (κ3) is 6.73. The van der Waals surface area contributed by atoms with E-state index >= 15 is 0 Å². The number of unbranched alkanes of at least 4 members (excludes halogenated alkanes) is 1. The SMILES string of the molecule is CCCCNC(=O)[C@@H]1CCCN(C(=O)c2ccc(OCC(F)(F)F)nc2)C1. The third-order valence-electron chi connectivity index (χ3n) is 4.28. The van der Waals surface area contributed by atoms with Crippen molar-refractivity contribution < 1.29 is 27.5 Å². The highest BCUT2D eigenvalue weighted by atomic mass is 19.4. The van der Waals surface area contributed by atoms with E-state index in [-0.39, 0.29) is 29.2 Å². The van der Waals surface area contributed by atoms with E-state index in [1.54, 1.807) is 4.90 Å². The number of nitrogens with one attached hydrogen (secondary N) is 1. The zero-order valence-corrected chi connectivity index (χ0v) is 15.2. The van der Waals surface area contributed by atoms with Crippen LogP contribution in [-0.4, -0.2) is 54.1 Å². The summed E-state index contributed by atoms with van der Waals surface area (Å²) in [5, 5.41) is 2.89. The molecular weight excluding hydrogens is 363 g/mol. The summed E-state index contributed by atoms with van der Waals surface area (Å²) in [5.74, 6) is -0.788. The summed E-state index contributed by atoms with van der Waals surface area (Å²) in [4.78, 5) is 30.1. The van der Waals surface area contributed by atoms with Gasteiger partial charge in [-0.25, -0.2) is 4.98 Å². The number of piperidine rings is 1. The number of nitrogens with zero attached hydrogens (tertiary/aromatic N) is 2. The number of alkyl halides is 3. The number of aromatic nitrogens is 1. The molecule has 2 rings (SSSR count). The van der Waals surface area contributed by atoms with Crippen LogP contribution in [0.4, 0.5) is 13.2 Å². The number of amides is 2. The Morgan fingerprint density at radius 3 is 2.78 bits per heavy atom. The van der Waals surface area contributed by atoms with Crippen LogP contribution >= 0.6 is 0 Å². The maximum atomic E-state index is 12.6. The topological polar surface area (TPSA) is 71.5 Å². The molecule has 9 heteroatoms. The lowest BCUT2D eigenvalue weighted by Crippen LogP contribution is -2.45. The zero-order chi connectivity index (χ0) is 19.9. The number of halogens is 3. The quantitative estimate of drug-likeness (QED) is 0.731. The second-order valence-corrected chi connectivity index (χ2v) is 6.52. The Labute approximate surface area is 156 Å². The van der Waals surface area contributed by atoms with Gasteiger partial charge in [0.2, 0.25) is 11.8 Å². The number of likely N-dealkylation sites (tertiary alicyclic amines) is 1. The summed E-state index contributed by atoms with van der Waals surface area (Å²) in [6, 6.07) is 2.61. The average molecular weight is 387 g/mol. The predicted octanol–water partition coefficient (Wildman–Crippen LogP) is 2.79. The molecule has 0 spiro atoms. The summed E-state index contributed by atoms with van der Waals surface area (Å²) in [5.41, 5.74) is 0.251. The molecular formula is C18H24F3N3O3. The fraction of sp³-hybridized carbons (Fsp3) is 0.611. The first-order valence-electron chi connectivity index (χ1n) is 9.02. The van der Waals surface area contributed by atoms with Crippen molar-refractivity contribution >= 4 is 11.8 Å². The Balaban J connectivity index is 1.91. The molecule has 6 nitrogen and oxygen atoms in total. The van der Waals surface area contributed by atoms with Gasteiger partial charge in [0.05, 0.1) is 11.5 Å². The van der Waals surface area contributed by atoms with Crippen molar-refractivity contribution in [1.82, 2.24) is 15.2 Å². The van der Waals surface area contributed by atoms with E-state index in [4.69, 9.17) is 0 Å². The van der Waals surface area contributed by atoms with Gasteiger partial charge in [-0.05, 0) is 25.3 Å². The van der Waals surface area contributed by atoms with Gasteiger partial charge < -0.3 is 15.0 Å². The van der Waals surface area contributed by atoms with E-state index in [0.717, 1.165) is 25.7 Å². The van der Waals surface area contributed by atoms with E-state index in [1.165, 1.54) is 18.3 Å². The van der Waals surface area contributed by atoms with Gasteiger partial charge in [0.15, 0.2) is 6.61 Å². The lowest BCUT2D eigenvalue weighted by atomic mass is 9.96. The number of carbonyl (C=O) groups is 2. The smallest absolute Gasteiger partial charge is 0.422 e. The molecule has 1 N–H and O–H groups in total. The summed E-state index contributed by atoms with van der Waals surface area (Å²) in [6.45, 7) is 2.09. The highest BCUT2D eigenvalue weighted by Gasteiger charge is 2.30. The van der Waals surface area contributed by atoms with Crippen molar-refractivity contribution in [1.29, 1.82) is 0 Å². The van der Waals surface area contributed by atoms with Gasteiger partial charge in [-0.3, -0.25) is 9.59 Å². The molecule has 0 radical (unpaired) electrons. The molecule has 1 atom stereocenters. The van der Waals surface area contributed by atoms with Crippen molar-refractivity contribution in [3.8, 4) is 5.88 Å². The van der Waals surface area contributed by atoms with Crippen LogP contribution < -0.4 is 10.1 Å². The Bertz CT molecular complexity index is 635. The molecule has 150 valence electrons. The van der Waals surface area contributed by atoms with Crippen LogP contribution in [0.1, 0.15) is 43.0 Å². The molecule has 1 aromatic heterocycles. The third-order valence-corrected chi connectivity index (χ3v) is 4.28. The lowest BCUT2D eigenvalue weighted by molar-refractivity contribution is -0.154. The van der Waals surface area contributed by atoms with Crippen molar-refractivity contribution in [3.63, 3.8) is 0 Å². The molecule has 2 amide bonds. The predicted molar refractivity (Wildman–Crippen MR) is 92.3 cm³/mol. The first-order valence-corrected chi connectivity index (χ1v) is 9.02. The van der Waals surface area contributed by atoms with Crippen LogP contribution in [-0.2, 0) is 4.79 Å². The maximum Gasteiger partial charge on any atom is 0.422 e. The lowest BCUT2D eigenvalue weighted by Gasteiger charge is -2.32. The maximum absolute atomic E-state index is 12.6. The average Bonchev–Trinajstić information content (AvgIpc) is 2.66. The number of hydrogen-bond donors (Lipinski definition) is 1. The van der Waals surface area contributed by atoms with E-state index in [2.05, 4.69) is 15.0 Å². The second-order valence-electron chi connectivity index (χ2n) is 6.52. The summed E-state index contributed by atoms with van der Waals surface area (Å²) >= 11 is 0. The molecule has 1 fully saturated rings. The van der Waals surface area contributed by atoms with Gasteiger partial charge in [-0.2, -0.15) is 13.2 Å². The first kappa shape index (κ1) is 21.0. The van der Waals surface area contributed by atoms with Crippen molar-refractivity contribution in [2.45, 2.75) is 38.8 Å². The van der Waals surface area contributed by atoms with E-state index in [1.807, 2.05) is 6.92 Å². The Morgan fingerprint density at radius 2 is 2.15 bits per heavy atom. The molecule has 0 bridgehead atoms. The van der Waals surface area contributed by atoms with Crippen LogP contribution in [0.3, 0.4) is 0 Å². The molecule has 1 aromatic rings. The largest absolute Gasteiger partial charge is 0.468 e. The van der Waals surface area contributed by atoms with Crippen molar-refractivity contribution in [2.75, 3.05) is 26.2 Å². The van der Waals surface area contributed by atoms with Gasteiger partial charge in [0.1, 0.15) is 0 Å². The van der Waals surface area contributed by atoms with Crippen LogP contribution in [0.15, 0.2) is 18.3 Å². The fourth-order valence-corrected chi connectivity index (χ4v) is 2.84. The van der Waals surface area contributed by atoms with E-state index in [9.17, 15) is 22.8 Å². The van der Waals surface area contributed by atoms with E-state index < -0.39 is 12.8 Å². The number of pyridine rings is 1. The van der Waals surface area contributed by atoms with Crippen molar-refractivity contribution in [2.24, 2.45) is 5.92 Å². The molecule has 0 unspecified atom stereocenters. The number of ether oxygens (including phenoxy) is 1. The van der Waals surface area contributed by atoms with Gasteiger partial charge >= 0.3 is 6.18 Å². The van der Waals surface area contributed by atoms with Gasteiger partial charge in [-0.15, -0.1) is 0 Å². The summed E-state index contributed by atoms with van der Waals surface area (Å²) < 4.78 is 41.0. The van der Waals surface area contributed by atoms with Crippen LogP contribution in [0.5, 0.6) is 5.88 Å². The number of rotatable bonds is 7. The summed E-state index contributed by atoms with van der Waals surface area (Å²) in [6.07, 6.45) is 0.0957. The van der Waals surface area contributed by atoms with Crippen LogP contribution in [0.25, 0.3) is 0 Å². The number of hydrogen-bond acceptors (Lipinski definition) is 4. The molecule has 2 heterocycles. The van der Waals surface area contributed by atoms with Crippen LogP contribution in [0.2, 0.25) is 0 Å². The first-order chi connectivity index (χ1) is 12.8. The van der Waals surface area contributed by atoms with E-state index in [0.29, 0.717) is 19.6 Å². The molecule has 0 aliphatic carbocycles. The van der Waals surface area contributed by atoms with Gasteiger partial charge in [-0.1, -0.05) is 13.3 Å².